The Morgan fingerprint density at radius 3 is 2.45 bits per heavy atom. The van der Waals surface area contributed by atoms with Crippen molar-refractivity contribution < 1.29 is 62.4 Å². The first-order valence-corrected chi connectivity index (χ1v) is 24.6. The minimum atomic E-state index is -1.83. The topological polar surface area (TPSA) is 162 Å². The number of rotatable bonds is 8. The summed E-state index contributed by atoms with van der Waals surface area (Å²) in [5, 5.41) is 27.5. The number of allylic oxidation sites excluding steroid dienone is 2. The van der Waals surface area contributed by atoms with Gasteiger partial charge in [0.2, 0.25) is 0 Å². The zero-order chi connectivity index (χ0) is 47.1. The van der Waals surface area contributed by atoms with Crippen molar-refractivity contribution in [3.63, 3.8) is 0 Å². The molecule has 368 valence electrons. The molecule has 8 rings (SSSR count). The van der Waals surface area contributed by atoms with E-state index in [0.29, 0.717) is 43.3 Å². The van der Waals surface area contributed by atoms with Crippen LogP contribution in [0.15, 0.2) is 71.4 Å². The molecule has 2 bridgehead atoms. The number of hydrogen-bond donors (Lipinski definition) is 3. The molecule has 14 heteroatoms. The van der Waals surface area contributed by atoms with Gasteiger partial charge in [0.15, 0.2) is 18.4 Å². The molecule has 66 heavy (non-hydrogen) atoms. The van der Waals surface area contributed by atoms with E-state index in [1.807, 2.05) is 25.2 Å². The molecular formula is C52H77NO13. The maximum atomic E-state index is 14.4. The van der Waals surface area contributed by atoms with Crippen LogP contribution in [0, 0.1) is 23.7 Å². The summed E-state index contributed by atoms with van der Waals surface area (Å²) in [6, 6.07) is 0. The van der Waals surface area contributed by atoms with Gasteiger partial charge in [0, 0.05) is 58.3 Å². The van der Waals surface area contributed by atoms with E-state index in [1.54, 1.807) is 33.3 Å². The Morgan fingerprint density at radius 1 is 0.939 bits per heavy atom. The quantitative estimate of drug-likeness (QED) is 0.184. The molecule has 1 aliphatic carbocycles. The Hall–Kier alpha value is -2.57. The molecule has 14 nitrogen and oxygen atoms in total. The van der Waals surface area contributed by atoms with Crippen molar-refractivity contribution in [1.29, 1.82) is 0 Å². The highest BCUT2D eigenvalue weighted by Crippen LogP contribution is 2.47. The highest BCUT2D eigenvalue weighted by atomic mass is 16.7. The summed E-state index contributed by atoms with van der Waals surface area (Å²) in [7, 11) is 3.44. The maximum Gasteiger partial charge on any atom is 0.316 e. The Kier molecular flexibility index (Phi) is 15.4. The molecular weight excluding hydrogens is 847 g/mol. The van der Waals surface area contributed by atoms with Crippen molar-refractivity contribution in [3.05, 3.63) is 71.4 Å². The zero-order valence-corrected chi connectivity index (χ0v) is 40.8. The number of carbonyl (C=O) groups is 1. The van der Waals surface area contributed by atoms with E-state index in [9.17, 15) is 15.0 Å². The van der Waals surface area contributed by atoms with Crippen molar-refractivity contribution in [2.75, 3.05) is 27.4 Å². The second-order valence-corrected chi connectivity index (χ2v) is 20.4. The Labute approximate surface area is 392 Å². The van der Waals surface area contributed by atoms with Crippen molar-refractivity contribution in [2.45, 2.75) is 197 Å². The van der Waals surface area contributed by atoms with E-state index in [-0.39, 0.29) is 60.4 Å². The van der Waals surface area contributed by atoms with Gasteiger partial charge >= 0.3 is 5.97 Å². The van der Waals surface area contributed by atoms with Crippen molar-refractivity contribution in [1.82, 2.24) is 5.32 Å². The zero-order valence-electron chi connectivity index (χ0n) is 40.8. The first-order chi connectivity index (χ1) is 31.5. The third kappa shape index (κ3) is 9.65. The van der Waals surface area contributed by atoms with E-state index in [4.69, 9.17) is 47.4 Å². The number of nitrogens with one attached hydrogen (secondary N) is 1. The standard InChI is InChI=1S/C52H77NO13/c1-11-29(2)46-32(5)19-21-50(66-46)27-38-24-37(65-50)18-17-31(4)45(30(3)15-14-16-36-28-59-48-44(54)33(6)23-39(49(55)62-38)52(36,48)56)63-42-25-40(57-9)47(34(7)60-42)64-43-26-41(58-10)51(35(8)61-43)20-12-13-22-53-51/h12-17,19,21,23,29-30,32,34-35,37-48,53-54,56H,11,18,20,22,24-28H2,1-10H3/t29?,30?,32-,34-,35-,37+,38-,39-,40-,41-,42?,43?,44+,45-,46+,47-,48+,50+,51-,52+/m0/s1. The maximum absolute atomic E-state index is 14.4. The smallest absolute Gasteiger partial charge is 0.316 e. The van der Waals surface area contributed by atoms with E-state index in [1.165, 1.54) is 0 Å². The second kappa shape index (κ2) is 20.4. The lowest BCUT2D eigenvalue weighted by Gasteiger charge is -2.52. The van der Waals surface area contributed by atoms with Gasteiger partial charge in [-0.15, -0.1) is 0 Å². The lowest BCUT2D eigenvalue weighted by molar-refractivity contribution is -0.318. The minimum absolute atomic E-state index is 0.0401. The average molecular weight is 924 g/mol. The van der Waals surface area contributed by atoms with Crippen LogP contribution in [0.2, 0.25) is 0 Å². The molecule has 0 aromatic rings. The predicted molar refractivity (Wildman–Crippen MR) is 246 cm³/mol. The van der Waals surface area contributed by atoms with Crippen LogP contribution in [-0.4, -0.2) is 140 Å². The molecule has 0 aromatic carbocycles. The summed E-state index contributed by atoms with van der Waals surface area (Å²) in [6.45, 7) is 17.3. The average Bonchev–Trinajstić information content (AvgIpc) is 3.64. The summed E-state index contributed by atoms with van der Waals surface area (Å²) in [5.74, 6) is -2.52. The van der Waals surface area contributed by atoms with Gasteiger partial charge < -0.3 is 62.9 Å². The number of methoxy groups -OCH3 is 2. The summed E-state index contributed by atoms with van der Waals surface area (Å²) in [6.07, 6.45) is 15.7. The largest absolute Gasteiger partial charge is 0.462 e. The summed E-state index contributed by atoms with van der Waals surface area (Å²) >= 11 is 0. The van der Waals surface area contributed by atoms with Gasteiger partial charge in [0.1, 0.15) is 35.9 Å². The molecule has 0 saturated carbocycles. The fourth-order valence-electron chi connectivity index (χ4n) is 11.9. The normalized spacial score (nSPS) is 46.9. The molecule has 3 N–H and O–H groups in total. The lowest BCUT2D eigenvalue weighted by atomic mass is 9.71. The predicted octanol–water partition coefficient (Wildman–Crippen LogP) is 6.30. The third-order valence-corrected chi connectivity index (χ3v) is 16.1. The van der Waals surface area contributed by atoms with Gasteiger partial charge in [0.05, 0.1) is 54.9 Å². The monoisotopic (exact) mass is 924 g/mol. The van der Waals surface area contributed by atoms with Gasteiger partial charge in [0.25, 0.3) is 0 Å². The van der Waals surface area contributed by atoms with Gasteiger partial charge in [-0.05, 0) is 69.2 Å². The van der Waals surface area contributed by atoms with Gasteiger partial charge in [-0.2, -0.15) is 0 Å². The highest BCUT2D eigenvalue weighted by Gasteiger charge is 2.60. The molecule has 2 spiro atoms. The number of ether oxygens (including phenoxy) is 10. The SMILES string of the molecule is CCC(C)[C@H]1O[C@]2(C=C[C@@H]1C)C[C@@H]1C[C@@H](CC=C(C)[C@@H](OC3C[C@H](OC)[C@@H](OC4C[C@H](OC)[C@]5(CC=CCN5)[C@H](C)O4)[C@H](C)O3)C(C)C=CC=C3CO[C@@H]4[C@H](O)C(C)=C[C@@H](C(=O)O1)[C@]34O)O2. The Balaban J connectivity index is 1.06. The van der Waals surface area contributed by atoms with Crippen LogP contribution >= 0.6 is 0 Å². The Morgan fingerprint density at radius 2 is 1.73 bits per heavy atom. The molecule has 0 aromatic heterocycles. The molecule has 20 atom stereocenters. The molecule has 4 unspecified atom stereocenters. The van der Waals surface area contributed by atoms with Crippen LogP contribution in [0.1, 0.15) is 100 Å². The Bertz CT molecular complexity index is 1910. The molecule has 7 aliphatic heterocycles. The van der Waals surface area contributed by atoms with Crippen molar-refractivity contribution >= 4 is 5.97 Å². The fraction of sp³-hybridized carbons (Fsp3) is 0.750. The number of fused-ring (bicyclic) bond motifs is 2. The molecule has 8 aliphatic rings. The van der Waals surface area contributed by atoms with Crippen LogP contribution in [0.25, 0.3) is 0 Å². The van der Waals surface area contributed by atoms with Crippen molar-refractivity contribution in [3.8, 4) is 0 Å². The van der Waals surface area contributed by atoms with Gasteiger partial charge in [-0.1, -0.05) is 82.7 Å². The van der Waals surface area contributed by atoms with E-state index < -0.39 is 72.5 Å². The first-order valence-electron chi connectivity index (χ1n) is 24.6. The third-order valence-electron chi connectivity index (χ3n) is 16.1. The summed E-state index contributed by atoms with van der Waals surface area (Å²) in [5.41, 5.74) is -0.147. The molecule has 0 amide bonds. The first kappa shape index (κ1) is 49.8. The van der Waals surface area contributed by atoms with Crippen LogP contribution in [0.3, 0.4) is 0 Å². The number of aliphatic hydroxyl groups is 2. The van der Waals surface area contributed by atoms with Crippen LogP contribution in [0.4, 0.5) is 0 Å². The highest BCUT2D eigenvalue weighted by molar-refractivity contribution is 5.78. The molecule has 0 radical (unpaired) electrons. The minimum Gasteiger partial charge on any atom is -0.462 e. The lowest BCUT2D eigenvalue weighted by Crippen LogP contribution is -2.68. The summed E-state index contributed by atoms with van der Waals surface area (Å²) in [4.78, 5) is 14.4. The van der Waals surface area contributed by atoms with Gasteiger partial charge in [-0.3, -0.25) is 4.79 Å². The number of aliphatic hydroxyl groups excluding tert-OH is 1. The van der Waals surface area contributed by atoms with E-state index in [2.05, 4.69) is 71.2 Å². The molecule has 4 fully saturated rings. The molecule has 4 saturated heterocycles. The van der Waals surface area contributed by atoms with Gasteiger partial charge in [-0.25, -0.2) is 0 Å². The fourth-order valence-corrected chi connectivity index (χ4v) is 11.9. The van der Waals surface area contributed by atoms with Crippen LogP contribution in [0.5, 0.6) is 0 Å². The van der Waals surface area contributed by atoms with E-state index >= 15 is 0 Å². The number of hydrogen-bond acceptors (Lipinski definition) is 14. The summed E-state index contributed by atoms with van der Waals surface area (Å²) < 4.78 is 65.4. The number of esters is 1. The van der Waals surface area contributed by atoms with Crippen LogP contribution in [-0.2, 0) is 52.2 Å². The van der Waals surface area contributed by atoms with Crippen molar-refractivity contribution in [2.24, 2.45) is 23.7 Å². The van der Waals surface area contributed by atoms with Crippen LogP contribution < -0.4 is 5.32 Å². The van der Waals surface area contributed by atoms with E-state index in [0.717, 1.165) is 25.0 Å². The second-order valence-electron chi connectivity index (χ2n) is 20.4. The molecule has 7 heterocycles. The number of carbonyl (C=O) groups excluding carboxylic acids is 1.